The van der Waals surface area contributed by atoms with Crippen LogP contribution in [0.5, 0.6) is 0 Å². The zero-order chi connectivity index (χ0) is 7.14. The summed E-state index contributed by atoms with van der Waals surface area (Å²) in [6.45, 7) is 0. The number of hydrogen-bond acceptors (Lipinski definition) is 1. The van der Waals surface area contributed by atoms with E-state index in [-0.39, 0.29) is 5.92 Å². The van der Waals surface area contributed by atoms with Crippen molar-refractivity contribution in [1.82, 2.24) is 0 Å². The Kier molecular flexibility index (Phi) is 1.22. The van der Waals surface area contributed by atoms with Crippen LogP contribution in [0.15, 0.2) is 0 Å². The van der Waals surface area contributed by atoms with Crippen LogP contribution in [0, 0.1) is 17.8 Å². The lowest BCUT2D eigenvalue weighted by Gasteiger charge is -1.91. The van der Waals surface area contributed by atoms with Crippen LogP contribution in [0.3, 0.4) is 0 Å². The van der Waals surface area contributed by atoms with Crippen LogP contribution in [-0.2, 0) is 4.79 Å². The van der Waals surface area contributed by atoms with Crippen LogP contribution >= 0.6 is 0 Å². The highest BCUT2D eigenvalue weighted by atomic mass is 16.4. The SMILES string of the molecule is O=C(O)[C@@H]1C[C@H]1CC1CC1. The highest BCUT2D eigenvalue weighted by Crippen LogP contribution is 2.48. The van der Waals surface area contributed by atoms with Crippen molar-refractivity contribution in [2.45, 2.75) is 25.7 Å². The summed E-state index contributed by atoms with van der Waals surface area (Å²) in [6.07, 6.45) is 4.84. The molecule has 0 aromatic rings. The van der Waals surface area contributed by atoms with Gasteiger partial charge in [0.1, 0.15) is 0 Å². The van der Waals surface area contributed by atoms with Crippen molar-refractivity contribution in [3.63, 3.8) is 0 Å². The summed E-state index contributed by atoms with van der Waals surface area (Å²) in [5.41, 5.74) is 0. The molecule has 0 amide bonds. The Morgan fingerprint density at radius 1 is 1.50 bits per heavy atom. The van der Waals surface area contributed by atoms with E-state index in [9.17, 15) is 4.79 Å². The molecular weight excluding hydrogens is 128 g/mol. The lowest BCUT2D eigenvalue weighted by atomic mass is 10.2. The van der Waals surface area contributed by atoms with Gasteiger partial charge in [-0.05, 0) is 24.7 Å². The van der Waals surface area contributed by atoms with E-state index in [0.29, 0.717) is 5.92 Å². The fraction of sp³-hybridized carbons (Fsp3) is 0.875. The van der Waals surface area contributed by atoms with Crippen molar-refractivity contribution in [1.29, 1.82) is 0 Å². The summed E-state index contributed by atoms with van der Waals surface area (Å²) < 4.78 is 0. The van der Waals surface area contributed by atoms with Crippen LogP contribution in [0.25, 0.3) is 0 Å². The second-order valence-electron chi connectivity index (χ2n) is 3.62. The third kappa shape index (κ3) is 1.15. The molecule has 0 heterocycles. The molecule has 0 spiro atoms. The first-order chi connectivity index (χ1) is 4.77. The molecule has 0 aromatic carbocycles. The van der Waals surface area contributed by atoms with Gasteiger partial charge in [0.05, 0.1) is 5.92 Å². The van der Waals surface area contributed by atoms with E-state index in [0.717, 1.165) is 12.3 Å². The number of hydrogen-bond donors (Lipinski definition) is 1. The van der Waals surface area contributed by atoms with Gasteiger partial charge in [-0.2, -0.15) is 0 Å². The summed E-state index contributed by atoms with van der Waals surface area (Å²) in [5.74, 6) is 0.894. The number of carbonyl (C=O) groups is 1. The van der Waals surface area contributed by atoms with Crippen LogP contribution < -0.4 is 0 Å². The minimum absolute atomic E-state index is 0.0283. The first kappa shape index (κ1) is 6.20. The molecule has 10 heavy (non-hydrogen) atoms. The number of carboxylic acids is 1. The maximum atomic E-state index is 10.4. The van der Waals surface area contributed by atoms with Crippen molar-refractivity contribution in [3.05, 3.63) is 0 Å². The van der Waals surface area contributed by atoms with Crippen LogP contribution in [0.4, 0.5) is 0 Å². The molecule has 2 heteroatoms. The zero-order valence-electron chi connectivity index (χ0n) is 5.92. The molecule has 2 rings (SSSR count). The standard InChI is InChI=1S/C8H12O2/c9-8(10)7-4-6(7)3-5-1-2-5/h5-7H,1-4H2,(H,9,10)/t6-,7-/m1/s1. The van der Waals surface area contributed by atoms with Gasteiger partial charge in [-0.1, -0.05) is 12.8 Å². The van der Waals surface area contributed by atoms with Crippen LogP contribution in [0.1, 0.15) is 25.7 Å². The molecule has 2 atom stereocenters. The van der Waals surface area contributed by atoms with Crippen molar-refractivity contribution < 1.29 is 9.90 Å². The van der Waals surface area contributed by atoms with E-state index < -0.39 is 5.97 Å². The van der Waals surface area contributed by atoms with Gasteiger partial charge in [-0.25, -0.2) is 0 Å². The highest BCUT2D eigenvalue weighted by Gasteiger charge is 2.45. The van der Waals surface area contributed by atoms with Gasteiger partial charge in [0.15, 0.2) is 0 Å². The number of aliphatic carboxylic acids is 1. The molecular formula is C8H12O2. The Bertz CT molecular complexity index is 161. The summed E-state index contributed by atoms with van der Waals surface area (Å²) in [6, 6.07) is 0. The normalized spacial score (nSPS) is 37.6. The van der Waals surface area contributed by atoms with E-state index in [2.05, 4.69) is 0 Å². The van der Waals surface area contributed by atoms with Gasteiger partial charge in [-0.15, -0.1) is 0 Å². The average Bonchev–Trinajstić information content (AvgIpc) is 2.63. The summed E-state index contributed by atoms with van der Waals surface area (Å²) in [5, 5.41) is 8.56. The third-order valence-corrected chi connectivity index (χ3v) is 2.57. The maximum absolute atomic E-state index is 10.4. The Balaban J connectivity index is 1.73. The molecule has 0 radical (unpaired) electrons. The predicted octanol–water partition coefficient (Wildman–Crippen LogP) is 1.51. The minimum atomic E-state index is -0.578. The largest absolute Gasteiger partial charge is 0.481 e. The topological polar surface area (TPSA) is 37.3 Å². The van der Waals surface area contributed by atoms with Crippen LogP contribution in [0.2, 0.25) is 0 Å². The summed E-state index contributed by atoms with van der Waals surface area (Å²) >= 11 is 0. The molecule has 0 saturated heterocycles. The lowest BCUT2D eigenvalue weighted by Crippen LogP contribution is -1.99. The van der Waals surface area contributed by atoms with Gasteiger partial charge < -0.3 is 5.11 Å². The Morgan fingerprint density at radius 3 is 2.60 bits per heavy atom. The van der Waals surface area contributed by atoms with E-state index in [1.165, 1.54) is 19.3 Å². The minimum Gasteiger partial charge on any atom is -0.481 e. The van der Waals surface area contributed by atoms with Crippen molar-refractivity contribution in [3.8, 4) is 0 Å². The fourth-order valence-electron chi connectivity index (χ4n) is 1.59. The van der Waals surface area contributed by atoms with E-state index in [4.69, 9.17) is 5.11 Å². The summed E-state index contributed by atoms with van der Waals surface area (Å²) in [7, 11) is 0. The van der Waals surface area contributed by atoms with Gasteiger partial charge in [-0.3, -0.25) is 4.79 Å². The Labute approximate surface area is 60.2 Å². The molecule has 0 aliphatic heterocycles. The molecule has 56 valence electrons. The molecule has 2 fully saturated rings. The quantitative estimate of drug-likeness (QED) is 0.645. The first-order valence-corrected chi connectivity index (χ1v) is 4.00. The average molecular weight is 140 g/mol. The van der Waals surface area contributed by atoms with Crippen molar-refractivity contribution in [2.24, 2.45) is 17.8 Å². The fourth-order valence-corrected chi connectivity index (χ4v) is 1.59. The second kappa shape index (κ2) is 1.97. The third-order valence-electron chi connectivity index (χ3n) is 2.57. The molecule has 2 nitrogen and oxygen atoms in total. The van der Waals surface area contributed by atoms with E-state index in [1.54, 1.807) is 0 Å². The highest BCUT2D eigenvalue weighted by molar-refractivity contribution is 5.73. The number of rotatable bonds is 3. The second-order valence-corrected chi connectivity index (χ2v) is 3.62. The van der Waals surface area contributed by atoms with Gasteiger partial charge in [0, 0.05) is 0 Å². The molecule has 1 N–H and O–H groups in total. The summed E-state index contributed by atoms with van der Waals surface area (Å²) in [4.78, 5) is 10.4. The maximum Gasteiger partial charge on any atom is 0.306 e. The molecule has 2 saturated carbocycles. The van der Waals surface area contributed by atoms with E-state index in [1.807, 2.05) is 0 Å². The first-order valence-electron chi connectivity index (χ1n) is 4.00. The Morgan fingerprint density at radius 2 is 2.20 bits per heavy atom. The van der Waals surface area contributed by atoms with Crippen molar-refractivity contribution in [2.75, 3.05) is 0 Å². The smallest absolute Gasteiger partial charge is 0.306 e. The molecule has 2 aliphatic carbocycles. The predicted molar refractivity (Wildman–Crippen MR) is 36.6 cm³/mol. The Hall–Kier alpha value is -0.530. The van der Waals surface area contributed by atoms with Gasteiger partial charge in [0.25, 0.3) is 0 Å². The monoisotopic (exact) mass is 140 g/mol. The lowest BCUT2D eigenvalue weighted by molar-refractivity contribution is -0.138. The zero-order valence-corrected chi connectivity index (χ0v) is 5.92. The molecule has 0 aromatic heterocycles. The molecule has 0 bridgehead atoms. The van der Waals surface area contributed by atoms with Crippen LogP contribution in [-0.4, -0.2) is 11.1 Å². The molecule has 2 aliphatic rings. The van der Waals surface area contributed by atoms with Gasteiger partial charge in [0.2, 0.25) is 0 Å². The van der Waals surface area contributed by atoms with Gasteiger partial charge >= 0.3 is 5.97 Å². The van der Waals surface area contributed by atoms with E-state index >= 15 is 0 Å². The number of carboxylic acid groups (broad SMARTS) is 1. The molecule has 0 unspecified atom stereocenters. The van der Waals surface area contributed by atoms with Crippen molar-refractivity contribution >= 4 is 5.97 Å².